The number of nitrogens with one attached hydrogen (secondary N) is 1. The van der Waals surface area contributed by atoms with Crippen molar-refractivity contribution in [2.24, 2.45) is 11.7 Å². The third-order valence-corrected chi connectivity index (χ3v) is 4.62. The van der Waals surface area contributed by atoms with Gasteiger partial charge in [-0.05, 0) is 33.2 Å². The molecule has 0 aliphatic rings. The van der Waals surface area contributed by atoms with Gasteiger partial charge >= 0.3 is 0 Å². The van der Waals surface area contributed by atoms with E-state index in [1.807, 2.05) is 13.8 Å². The fraction of sp³-hybridized carbons (Fsp3) is 1.00. The molecule has 0 aromatic carbocycles. The first-order valence-corrected chi connectivity index (χ1v) is 8.16. The SMILES string of the molecule is CCOCC(C)(OCC)[Si]CC(C)CNCCN. The molecule has 0 rings (SSSR count). The minimum absolute atomic E-state index is 0.118. The smallest absolute Gasteiger partial charge is 0.0854 e. The van der Waals surface area contributed by atoms with Gasteiger partial charge in [0.25, 0.3) is 0 Å². The molecule has 0 heterocycles. The summed E-state index contributed by atoms with van der Waals surface area (Å²) in [4.78, 5) is 0. The molecule has 0 saturated heterocycles. The maximum absolute atomic E-state index is 5.85. The van der Waals surface area contributed by atoms with E-state index < -0.39 is 0 Å². The molecule has 5 heteroatoms. The van der Waals surface area contributed by atoms with Gasteiger partial charge in [0, 0.05) is 26.3 Å². The Kier molecular flexibility index (Phi) is 11.0. The van der Waals surface area contributed by atoms with Crippen LogP contribution in [0, 0.1) is 5.92 Å². The van der Waals surface area contributed by atoms with E-state index in [0.717, 1.165) is 35.8 Å². The first kappa shape index (κ1) is 18.1. The van der Waals surface area contributed by atoms with Crippen LogP contribution in [-0.2, 0) is 9.47 Å². The lowest BCUT2D eigenvalue weighted by atomic mass is 10.2. The summed E-state index contributed by atoms with van der Waals surface area (Å²) in [7, 11) is 0.767. The van der Waals surface area contributed by atoms with E-state index in [1.165, 1.54) is 6.04 Å². The molecular weight excluding hydrogens is 244 g/mol. The molecule has 4 nitrogen and oxygen atoms in total. The van der Waals surface area contributed by atoms with Crippen LogP contribution in [0.4, 0.5) is 0 Å². The minimum Gasteiger partial charge on any atom is -0.379 e. The predicted octanol–water partition coefficient (Wildman–Crippen LogP) is 1.08. The van der Waals surface area contributed by atoms with E-state index in [-0.39, 0.29) is 5.22 Å². The lowest BCUT2D eigenvalue weighted by molar-refractivity contribution is -0.0293. The fourth-order valence-electron chi connectivity index (χ4n) is 1.67. The third kappa shape index (κ3) is 9.05. The molecule has 0 aliphatic heterocycles. The Balaban J connectivity index is 3.93. The molecule has 0 spiro atoms. The Morgan fingerprint density at radius 2 is 2.06 bits per heavy atom. The van der Waals surface area contributed by atoms with Crippen LogP contribution in [0.25, 0.3) is 0 Å². The first-order chi connectivity index (χ1) is 8.58. The van der Waals surface area contributed by atoms with Crippen LogP contribution in [0.15, 0.2) is 0 Å². The summed E-state index contributed by atoms with van der Waals surface area (Å²) in [5, 5.41) is 3.24. The highest BCUT2D eigenvalue weighted by Crippen LogP contribution is 2.14. The van der Waals surface area contributed by atoms with Crippen molar-refractivity contribution < 1.29 is 9.47 Å². The van der Waals surface area contributed by atoms with Crippen LogP contribution in [0.2, 0.25) is 6.04 Å². The molecule has 0 saturated carbocycles. The Hall–Kier alpha value is 0.0569. The van der Waals surface area contributed by atoms with Crippen LogP contribution in [0.3, 0.4) is 0 Å². The van der Waals surface area contributed by atoms with Gasteiger partial charge in [0.05, 0.1) is 21.4 Å². The van der Waals surface area contributed by atoms with Crippen molar-refractivity contribution in [2.75, 3.05) is 39.5 Å². The Morgan fingerprint density at radius 1 is 1.33 bits per heavy atom. The summed E-state index contributed by atoms with van der Waals surface area (Å²) in [5.74, 6) is 0.649. The van der Waals surface area contributed by atoms with E-state index in [0.29, 0.717) is 19.1 Å². The second-order valence-electron chi connectivity index (χ2n) is 4.78. The minimum atomic E-state index is -0.118. The van der Waals surface area contributed by atoms with Gasteiger partial charge in [-0.15, -0.1) is 0 Å². The van der Waals surface area contributed by atoms with Gasteiger partial charge in [-0.3, -0.25) is 0 Å². The van der Waals surface area contributed by atoms with E-state index in [9.17, 15) is 0 Å². The summed E-state index contributed by atoms with van der Waals surface area (Å²) in [6.07, 6.45) is 0. The zero-order chi connectivity index (χ0) is 13.9. The number of ether oxygens (including phenoxy) is 2. The zero-order valence-electron chi connectivity index (χ0n) is 12.4. The van der Waals surface area contributed by atoms with Gasteiger partial charge in [0.1, 0.15) is 0 Å². The molecule has 0 aliphatic carbocycles. The molecule has 2 unspecified atom stereocenters. The summed E-state index contributed by atoms with van der Waals surface area (Å²) in [6, 6.07) is 1.17. The van der Waals surface area contributed by atoms with Crippen molar-refractivity contribution in [3.8, 4) is 0 Å². The van der Waals surface area contributed by atoms with Crippen LogP contribution >= 0.6 is 0 Å². The molecule has 2 atom stereocenters. The van der Waals surface area contributed by atoms with Crippen molar-refractivity contribution in [3.63, 3.8) is 0 Å². The van der Waals surface area contributed by atoms with Gasteiger partial charge < -0.3 is 20.5 Å². The highest BCUT2D eigenvalue weighted by Gasteiger charge is 2.26. The molecule has 18 heavy (non-hydrogen) atoms. The molecular formula is C13H30N2O2Si. The lowest BCUT2D eigenvalue weighted by Gasteiger charge is -2.29. The summed E-state index contributed by atoms with van der Waals surface area (Å²) in [6.45, 7) is 13.3. The largest absolute Gasteiger partial charge is 0.379 e. The van der Waals surface area contributed by atoms with Gasteiger partial charge in [-0.2, -0.15) is 0 Å². The quantitative estimate of drug-likeness (QED) is 0.413. The second kappa shape index (κ2) is 10.9. The lowest BCUT2D eigenvalue weighted by Crippen LogP contribution is -2.42. The number of hydrogen-bond donors (Lipinski definition) is 2. The molecule has 0 amide bonds. The molecule has 108 valence electrons. The van der Waals surface area contributed by atoms with E-state index in [2.05, 4.69) is 19.2 Å². The second-order valence-corrected chi connectivity index (χ2v) is 6.60. The molecule has 0 aromatic heterocycles. The Bertz CT molecular complexity index is 196. The van der Waals surface area contributed by atoms with Gasteiger partial charge in [0.2, 0.25) is 0 Å². The maximum atomic E-state index is 5.85. The van der Waals surface area contributed by atoms with Gasteiger partial charge in [-0.1, -0.05) is 13.0 Å². The monoisotopic (exact) mass is 274 g/mol. The molecule has 3 N–H and O–H groups in total. The highest BCUT2D eigenvalue weighted by molar-refractivity contribution is 6.39. The topological polar surface area (TPSA) is 56.5 Å². The average Bonchev–Trinajstić information content (AvgIpc) is 2.35. The van der Waals surface area contributed by atoms with Crippen molar-refractivity contribution in [1.82, 2.24) is 5.32 Å². The first-order valence-electron chi connectivity index (χ1n) is 6.95. The third-order valence-electron chi connectivity index (χ3n) is 2.68. The molecule has 0 aromatic rings. The Labute approximate surface area is 115 Å². The van der Waals surface area contributed by atoms with Crippen molar-refractivity contribution in [3.05, 3.63) is 0 Å². The zero-order valence-corrected chi connectivity index (χ0v) is 13.4. The predicted molar refractivity (Wildman–Crippen MR) is 78.2 cm³/mol. The molecule has 2 radical (unpaired) electrons. The van der Waals surface area contributed by atoms with Crippen LogP contribution < -0.4 is 11.1 Å². The normalized spacial score (nSPS) is 16.5. The fourth-order valence-corrected chi connectivity index (χ4v) is 3.05. The van der Waals surface area contributed by atoms with Crippen molar-refractivity contribution in [1.29, 1.82) is 0 Å². The van der Waals surface area contributed by atoms with Crippen LogP contribution in [0.5, 0.6) is 0 Å². The molecule has 0 fully saturated rings. The van der Waals surface area contributed by atoms with Crippen molar-refractivity contribution >= 4 is 9.52 Å². The van der Waals surface area contributed by atoms with Crippen LogP contribution in [0.1, 0.15) is 27.7 Å². The number of rotatable bonds is 12. The highest BCUT2D eigenvalue weighted by atomic mass is 28.2. The summed E-state index contributed by atoms with van der Waals surface area (Å²) >= 11 is 0. The summed E-state index contributed by atoms with van der Waals surface area (Å²) in [5.41, 5.74) is 5.46. The molecule has 0 bridgehead atoms. The number of nitrogens with two attached hydrogens (primary N) is 1. The standard InChI is InChI=1S/C13H30N2O2Si/c1-5-16-11-13(4,17-6-2)18-10-12(3)9-15-8-7-14/h12,15H,5-11,14H2,1-4H3. The average molecular weight is 274 g/mol. The van der Waals surface area contributed by atoms with Crippen LogP contribution in [-0.4, -0.2) is 54.2 Å². The van der Waals surface area contributed by atoms with E-state index in [1.54, 1.807) is 0 Å². The Morgan fingerprint density at radius 3 is 2.61 bits per heavy atom. The summed E-state index contributed by atoms with van der Waals surface area (Å²) < 4.78 is 11.4. The number of hydrogen-bond acceptors (Lipinski definition) is 4. The van der Waals surface area contributed by atoms with Gasteiger partial charge in [-0.25, -0.2) is 0 Å². The maximum Gasteiger partial charge on any atom is 0.0854 e. The van der Waals surface area contributed by atoms with Gasteiger partial charge in [0.15, 0.2) is 0 Å². The van der Waals surface area contributed by atoms with E-state index in [4.69, 9.17) is 15.2 Å². The van der Waals surface area contributed by atoms with Crippen molar-refractivity contribution in [2.45, 2.75) is 39.0 Å². The van der Waals surface area contributed by atoms with E-state index >= 15 is 0 Å².